The maximum absolute atomic E-state index is 11.8. The molecule has 3 aliphatic heterocycles. The highest BCUT2D eigenvalue weighted by Gasteiger charge is 2.24. The number of aldehydes is 1. The van der Waals surface area contributed by atoms with Crippen LogP contribution in [-0.4, -0.2) is 85.3 Å². The molecule has 38 heavy (non-hydrogen) atoms. The number of rotatable bonds is 7. The van der Waals surface area contributed by atoms with Crippen LogP contribution in [0.2, 0.25) is 0 Å². The van der Waals surface area contributed by atoms with E-state index in [0.29, 0.717) is 49.2 Å². The van der Waals surface area contributed by atoms with Crippen LogP contribution in [0, 0.1) is 11.3 Å². The van der Waals surface area contributed by atoms with Crippen LogP contribution in [0.4, 0.5) is 11.6 Å². The number of morpholine rings is 1. The first-order valence-corrected chi connectivity index (χ1v) is 13.3. The minimum atomic E-state index is -0.0877. The zero-order chi connectivity index (χ0) is 26.9. The number of pyridine rings is 2. The van der Waals surface area contributed by atoms with Crippen molar-refractivity contribution < 1.29 is 23.9 Å². The van der Waals surface area contributed by atoms with Crippen LogP contribution in [-0.2, 0) is 32.0 Å². The first-order valence-electron chi connectivity index (χ1n) is 12.4. The van der Waals surface area contributed by atoms with Crippen molar-refractivity contribution in [2.75, 3.05) is 56.8 Å². The largest absolute Gasteiger partial charge is 0.380 e. The molecule has 0 bridgehead atoms. The second kappa shape index (κ2) is 13.3. The normalized spacial score (nSPS) is 18.6. The number of nitrogens with one attached hydrogen (secondary N) is 1. The van der Waals surface area contributed by atoms with Crippen molar-refractivity contribution in [3.63, 3.8) is 0 Å². The highest BCUT2D eigenvalue weighted by molar-refractivity contribution is 8.00. The number of carbonyl (C=O) groups is 3. The second-order valence-corrected chi connectivity index (χ2v) is 10.3. The molecular formula is C26H30N6O5S. The molecule has 0 aromatic carbocycles. The molecular weight excluding hydrogens is 508 g/mol. The number of ether oxygens (including phenoxy) is 2. The maximum Gasteiger partial charge on any atom is 0.248 e. The summed E-state index contributed by atoms with van der Waals surface area (Å²) >= 11 is 1.70. The average molecular weight is 539 g/mol. The van der Waals surface area contributed by atoms with Crippen LogP contribution in [0.5, 0.6) is 0 Å². The molecule has 2 aromatic rings. The molecule has 5 rings (SSSR count). The number of thioether (sulfide) groups is 1. The molecule has 2 amide bonds. The van der Waals surface area contributed by atoms with Crippen molar-refractivity contribution in [3.8, 4) is 6.07 Å². The van der Waals surface area contributed by atoms with E-state index >= 15 is 0 Å². The molecule has 0 radical (unpaired) electrons. The Morgan fingerprint density at radius 3 is 2.82 bits per heavy atom. The summed E-state index contributed by atoms with van der Waals surface area (Å²) < 4.78 is 10.4. The third kappa shape index (κ3) is 6.66. The van der Waals surface area contributed by atoms with E-state index in [1.807, 2.05) is 19.2 Å². The minimum Gasteiger partial charge on any atom is -0.380 e. The third-order valence-corrected chi connectivity index (χ3v) is 7.71. The first kappa shape index (κ1) is 27.5. The SMILES string of the molecule is CNc1cc(SC2CCOC2)c(C#N)cn1.O=Cc1nc2c(cc1CN1CCOCC1=O)CCCN2C=O. The molecule has 11 nitrogen and oxygen atoms in total. The van der Waals surface area contributed by atoms with Gasteiger partial charge < -0.3 is 19.7 Å². The highest BCUT2D eigenvalue weighted by atomic mass is 32.2. The van der Waals surface area contributed by atoms with E-state index in [-0.39, 0.29) is 18.2 Å². The lowest BCUT2D eigenvalue weighted by Gasteiger charge is -2.29. The van der Waals surface area contributed by atoms with Gasteiger partial charge in [0, 0.05) is 55.2 Å². The summed E-state index contributed by atoms with van der Waals surface area (Å²) in [6, 6.07) is 5.98. The molecule has 1 atom stereocenters. The number of amides is 2. The summed E-state index contributed by atoms with van der Waals surface area (Å²) in [6.07, 6.45) is 5.76. The molecule has 12 heteroatoms. The molecule has 2 fully saturated rings. The maximum atomic E-state index is 11.8. The minimum absolute atomic E-state index is 0.0771. The van der Waals surface area contributed by atoms with Crippen LogP contribution in [0.15, 0.2) is 23.2 Å². The lowest BCUT2D eigenvalue weighted by Crippen LogP contribution is -2.41. The average Bonchev–Trinajstić information content (AvgIpc) is 3.47. The van der Waals surface area contributed by atoms with Crippen molar-refractivity contribution in [2.45, 2.75) is 36.0 Å². The molecule has 0 saturated carbocycles. The fraction of sp³-hybridized carbons (Fsp3) is 0.462. The molecule has 2 saturated heterocycles. The summed E-state index contributed by atoms with van der Waals surface area (Å²) in [5.41, 5.74) is 2.58. The number of fused-ring (bicyclic) bond motifs is 1. The zero-order valence-corrected chi connectivity index (χ0v) is 22.0. The van der Waals surface area contributed by atoms with E-state index in [0.717, 1.165) is 60.7 Å². The lowest BCUT2D eigenvalue weighted by atomic mass is 10.0. The fourth-order valence-corrected chi connectivity index (χ4v) is 5.52. The van der Waals surface area contributed by atoms with Crippen LogP contribution in [0.25, 0.3) is 0 Å². The van der Waals surface area contributed by atoms with E-state index in [1.54, 1.807) is 22.9 Å². The first-order chi connectivity index (χ1) is 18.6. The topological polar surface area (TPSA) is 138 Å². The van der Waals surface area contributed by atoms with Gasteiger partial charge in [-0.15, -0.1) is 11.8 Å². The fourth-order valence-electron chi connectivity index (χ4n) is 4.38. The van der Waals surface area contributed by atoms with Crippen molar-refractivity contribution in [1.82, 2.24) is 14.9 Å². The monoisotopic (exact) mass is 538 g/mol. The van der Waals surface area contributed by atoms with Gasteiger partial charge in [0.25, 0.3) is 0 Å². The Labute approximate surface area is 225 Å². The Bertz CT molecular complexity index is 1210. The molecule has 0 aliphatic carbocycles. The number of carbonyl (C=O) groups excluding carboxylic acids is 3. The molecule has 2 aromatic heterocycles. The number of nitriles is 1. The number of hydrogen-bond donors (Lipinski definition) is 1. The lowest BCUT2D eigenvalue weighted by molar-refractivity contribution is -0.143. The van der Waals surface area contributed by atoms with Gasteiger partial charge in [-0.3, -0.25) is 19.3 Å². The van der Waals surface area contributed by atoms with Gasteiger partial charge in [-0.25, -0.2) is 9.97 Å². The predicted octanol–water partition coefficient (Wildman–Crippen LogP) is 2.04. The number of anilines is 2. The van der Waals surface area contributed by atoms with Crippen LogP contribution < -0.4 is 10.2 Å². The van der Waals surface area contributed by atoms with Crippen molar-refractivity contribution in [2.24, 2.45) is 0 Å². The van der Waals surface area contributed by atoms with Crippen LogP contribution in [0.1, 0.15) is 40.0 Å². The Kier molecular flexibility index (Phi) is 9.64. The summed E-state index contributed by atoms with van der Waals surface area (Å²) in [4.78, 5) is 46.9. The van der Waals surface area contributed by atoms with E-state index < -0.39 is 0 Å². The number of nitrogens with zero attached hydrogens (tertiary/aromatic N) is 5. The van der Waals surface area contributed by atoms with Gasteiger partial charge >= 0.3 is 0 Å². The van der Waals surface area contributed by atoms with Gasteiger partial charge in [-0.1, -0.05) is 0 Å². The molecule has 5 heterocycles. The quantitative estimate of drug-likeness (QED) is 0.521. The van der Waals surface area contributed by atoms with Gasteiger partial charge in [-0.2, -0.15) is 5.26 Å². The Hall–Kier alpha value is -3.53. The molecule has 3 aliphatic rings. The number of aryl methyl sites for hydroxylation is 1. The molecule has 200 valence electrons. The van der Waals surface area contributed by atoms with E-state index in [1.165, 1.54) is 4.90 Å². The highest BCUT2D eigenvalue weighted by Crippen LogP contribution is 2.32. The van der Waals surface area contributed by atoms with Crippen molar-refractivity contribution >= 4 is 42.0 Å². The van der Waals surface area contributed by atoms with Crippen LogP contribution in [0.3, 0.4) is 0 Å². The van der Waals surface area contributed by atoms with Gasteiger partial charge in [0.05, 0.1) is 18.8 Å². The van der Waals surface area contributed by atoms with Gasteiger partial charge in [0.15, 0.2) is 6.29 Å². The Balaban J connectivity index is 0.000000186. The van der Waals surface area contributed by atoms with Gasteiger partial charge in [-0.05, 0) is 37.0 Å². The second-order valence-electron chi connectivity index (χ2n) is 8.93. The summed E-state index contributed by atoms with van der Waals surface area (Å²) in [5.74, 6) is 1.26. The molecule has 1 N–H and O–H groups in total. The Morgan fingerprint density at radius 2 is 2.13 bits per heavy atom. The summed E-state index contributed by atoms with van der Waals surface area (Å²) in [6.45, 7) is 3.64. The van der Waals surface area contributed by atoms with Crippen LogP contribution >= 0.6 is 11.8 Å². The van der Waals surface area contributed by atoms with E-state index in [2.05, 4.69) is 21.4 Å². The summed E-state index contributed by atoms with van der Waals surface area (Å²) in [5, 5.41) is 12.4. The summed E-state index contributed by atoms with van der Waals surface area (Å²) in [7, 11) is 1.82. The van der Waals surface area contributed by atoms with Gasteiger partial charge in [0.2, 0.25) is 12.3 Å². The van der Waals surface area contributed by atoms with E-state index in [9.17, 15) is 14.4 Å². The standard InChI is InChI=1S/C15H17N3O4.C11H13N3OS/c19-8-13-12(7-17-4-5-22-9-14(17)21)6-11-2-1-3-18(10-20)15(11)16-13;1-13-11-4-10(8(5-12)6-14-11)16-9-2-3-15-7-9/h6,8,10H,1-5,7,9H2;4,6,9H,2-3,7H2,1H3,(H,13,14). The van der Waals surface area contributed by atoms with Gasteiger partial charge in [0.1, 0.15) is 30.0 Å². The Morgan fingerprint density at radius 1 is 1.26 bits per heavy atom. The smallest absolute Gasteiger partial charge is 0.248 e. The number of aromatic nitrogens is 2. The molecule has 0 spiro atoms. The molecule has 1 unspecified atom stereocenters. The number of hydrogen-bond acceptors (Lipinski definition) is 10. The van der Waals surface area contributed by atoms with Crippen molar-refractivity contribution in [3.05, 3.63) is 40.7 Å². The predicted molar refractivity (Wildman–Crippen MR) is 141 cm³/mol. The van der Waals surface area contributed by atoms with E-state index in [4.69, 9.17) is 14.7 Å². The van der Waals surface area contributed by atoms with Crippen molar-refractivity contribution in [1.29, 1.82) is 5.26 Å². The third-order valence-electron chi connectivity index (χ3n) is 6.42. The zero-order valence-electron chi connectivity index (χ0n) is 21.2.